The Labute approximate surface area is 187 Å². The fourth-order valence-corrected chi connectivity index (χ4v) is 4.61. The van der Waals surface area contributed by atoms with Crippen LogP contribution in [0.2, 0.25) is 0 Å². The maximum absolute atomic E-state index is 12.4. The van der Waals surface area contributed by atoms with Gasteiger partial charge in [-0.15, -0.1) is 0 Å². The second-order valence-corrected chi connectivity index (χ2v) is 8.55. The highest BCUT2D eigenvalue weighted by atomic mass is 16.7. The molecule has 8 heteroatoms. The van der Waals surface area contributed by atoms with Crippen LogP contribution < -0.4 is 19.1 Å². The summed E-state index contributed by atoms with van der Waals surface area (Å²) in [7, 11) is 1.61. The van der Waals surface area contributed by atoms with Gasteiger partial charge in [-0.1, -0.05) is 12.1 Å². The Bertz CT molecular complexity index is 988. The largest absolute Gasteiger partial charge is 0.497 e. The lowest BCUT2D eigenvalue weighted by Gasteiger charge is -2.38. The van der Waals surface area contributed by atoms with E-state index in [1.807, 2.05) is 42.5 Å². The molecule has 3 aliphatic rings. The van der Waals surface area contributed by atoms with Gasteiger partial charge in [0.1, 0.15) is 11.9 Å². The van der Waals surface area contributed by atoms with Crippen LogP contribution in [0.25, 0.3) is 0 Å². The number of methoxy groups -OCH3 is 1. The van der Waals surface area contributed by atoms with Gasteiger partial charge in [-0.05, 0) is 49.1 Å². The Kier molecular flexibility index (Phi) is 5.57. The molecular weight excluding hydrogens is 412 g/mol. The molecule has 2 aromatic carbocycles. The Balaban J connectivity index is 1.13. The topological polar surface area (TPSA) is 80.7 Å². The first-order valence-electron chi connectivity index (χ1n) is 11.0. The summed E-state index contributed by atoms with van der Waals surface area (Å²) in [6.07, 6.45) is 1.58. The van der Waals surface area contributed by atoms with Crippen molar-refractivity contribution in [2.24, 2.45) is 0 Å². The van der Waals surface area contributed by atoms with Crippen molar-refractivity contribution in [3.8, 4) is 17.2 Å². The molecule has 8 nitrogen and oxygen atoms in total. The van der Waals surface area contributed by atoms with Crippen LogP contribution >= 0.6 is 0 Å². The summed E-state index contributed by atoms with van der Waals surface area (Å²) in [4.78, 5) is 16.3. The van der Waals surface area contributed by atoms with Gasteiger partial charge < -0.3 is 29.0 Å². The number of cyclic esters (lactones) is 1. The van der Waals surface area contributed by atoms with Crippen LogP contribution in [-0.2, 0) is 10.3 Å². The summed E-state index contributed by atoms with van der Waals surface area (Å²) in [6.45, 7) is 3.14. The third-order valence-corrected chi connectivity index (χ3v) is 6.60. The standard InChI is InChI=1S/C24H28N2O6/c1-29-19-4-2-3-18(14-19)26-15-20(32-23(26)27)7-10-25-11-8-24(28,9-12-25)17-5-6-21-22(13-17)31-16-30-21/h2-6,13-14,20,28H,7-12,15-16H2,1H3. The van der Waals surface area contributed by atoms with Crippen molar-refractivity contribution in [3.05, 3.63) is 48.0 Å². The van der Waals surface area contributed by atoms with Gasteiger partial charge in [0.2, 0.25) is 6.79 Å². The van der Waals surface area contributed by atoms with Crippen LogP contribution in [0.5, 0.6) is 17.2 Å². The molecule has 1 atom stereocenters. The van der Waals surface area contributed by atoms with Crippen LogP contribution in [0.1, 0.15) is 24.8 Å². The number of benzene rings is 2. The lowest BCUT2D eigenvalue weighted by atomic mass is 9.84. The van der Waals surface area contributed by atoms with Gasteiger partial charge >= 0.3 is 6.09 Å². The molecule has 1 amide bonds. The highest BCUT2D eigenvalue weighted by Gasteiger charge is 2.36. The van der Waals surface area contributed by atoms with E-state index in [-0.39, 0.29) is 19.0 Å². The minimum atomic E-state index is -0.861. The van der Waals surface area contributed by atoms with Gasteiger partial charge in [-0.3, -0.25) is 4.90 Å². The number of amides is 1. The second kappa shape index (κ2) is 8.52. The third kappa shape index (κ3) is 4.08. The van der Waals surface area contributed by atoms with Crippen molar-refractivity contribution in [2.75, 3.05) is 45.0 Å². The smallest absolute Gasteiger partial charge is 0.414 e. The van der Waals surface area contributed by atoms with E-state index in [9.17, 15) is 9.90 Å². The quantitative estimate of drug-likeness (QED) is 0.739. The minimum Gasteiger partial charge on any atom is -0.497 e. The van der Waals surface area contributed by atoms with E-state index >= 15 is 0 Å². The summed E-state index contributed by atoms with van der Waals surface area (Å²) in [6, 6.07) is 13.1. The number of aliphatic hydroxyl groups is 1. The van der Waals surface area contributed by atoms with E-state index < -0.39 is 5.60 Å². The third-order valence-electron chi connectivity index (χ3n) is 6.60. The summed E-state index contributed by atoms with van der Waals surface area (Å²) in [5.41, 5.74) is 0.796. The summed E-state index contributed by atoms with van der Waals surface area (Å²) in [5, 5.41) is 11.2. The van der Waals surface area contributed by atoms with Gasteiger partial charge in [-0.25, -0.2) is 4.79 Å². The maximum atomic E-state index is 12.4. The van der Waals surface area contributed by atoms with Gasteiger partial charge in [-0.2, -0.15) is 0 Å². The van der Waals surface area contributed by atoms with Gasteiger partial charge in [0.05, 0.1) is 24.9 Å². The van der Waals surface area contributed by atoms with Crippen molar-refractivity contribution < 1.29 is 28.8 Å². The number of rotatable bonds is 6. The van der Waals surface area contributed by atoms with Crippen LogP contribution in [0.3, 0.4) is 0 Å². The number of nitrogens with zero attached hydrogens (tertiary/aromatic N) is 2. The zero-order chi connectivity index (χ0) is 22.1. The Morgan fingerprint density at radius 2 is 1.94 bits per heavy atom. The number of carbonyl (C=O) groups excluding carboxylic acids is 1. The average molecular weight is 440 g/mol. The van der Waals surface area contributed by atoms with E-state index in [0.717, 1.165) is 43.1 Å². The molecule has 0 spiro atoms. The van der Waals surface area contributed by atoms with Crippen molar-refractivity contribution in [1.82, 2.24) is 4.90 Å². The molecular formula is C24H28N2O6. The van der Waals surface area contributed by atoms with Crippen molar-refractivity contribution in [2.45, 2.75) is 31.0 Å². The normalized spacial score (nSPS) is 22.1. The van der Waals surface area contributed by atoms with E-state index in [4.69, 9.17) is 18.9 Å². The fraction of sp³-hybridized carbons (Fsp3) is 0.458. The van der Waals surface area contributed by atoms with E-state index in [2.05, 4.69) is 4.90 Å². The van der Waals surface area contributed by atoms with Crippen molar-refractivity contribution >= 4 is 11.8 Å². The Morgan fingerprint density at radius 3 is 2.75 bits per heavy atom. The first kappa shape index (κ1) is 20.9. The zero-order valence-electron chi connectivity index (χ0n) is 18.2. The molecule has 5 rings (SSSR count). The van der Waals surface area contributed by atoms with E-state index in [1.54, 1.807) is 12.0 Å². The monoisotopic (exact) mass is 440 g/mol. The molecule has 3 heterocycles. The molecule has 1 unspecified atom stereocenters. The summed E-state index contributed by atoms with van der Waals surface area (Å²) in [5.74, 6) is 2.13. The zero-order valence-corrected chi connectivity index (χ0v) is 18.2. The number of carbonyl (C=O) groups is 1. The molecule has 3 aliphatic heterocycles. The number of piperidine rings is 1. The number of ether oxygens (including phenoxy) is 4. The SMILES string of the molecule is COc1cccc(N2CC(CCN3CCC(O)(c4ccc5c(c4)OCO5)CC3)OC2=O)c1. The summed E-state index contributed by atoms with van der Waals surface area (Å²) >= 11 is 0. The molecule has 0 radical (unpaired) electrons. The van der Waals surface area contributed by atoms with Crippen molar-refractivity contribution in [1.29, 1.82) is 0 Å². The van der Waals surface area contributed by atoms with E-state index in [1.165, 1.54) is 0 Å². The first-order chi connectivity index (χ1) is 15.5. The average Bonchev–Trinajstić information content (AvgIpc) is 3.44. The molecule has 0 aromatic heterocycles. The molecule has 0 saturated carbocycles. The van der Waals surface area contributed by atoms with Gasteiger partial charge in [0.25, 0.3) is 0 Å². The van der Waals surface area contributed by atoms with E-state index in [0.29, 0.717) is 30.9 Å². The predicted octanol–water partition coefficient (Wildman–Crippen LogP) is 3.12. The lowest BCUT2D eigenvalue weighted by Crippen LogP contribution is -2.43. The Morgan fingerprint density at radius 1 is 1.12 bits per heavy atom. The number of anilines is 1. The summed E-state index contributed by atoms with van der Waals surface area (Å²) < 4.78 is 21.7. The van der Waals surface area contributed by atoms with Crippen LogP contribution in [0.15, 0.2) is 42.5 Å². The molecule has 0 aliphatic carbocycles. The van der Waals surface area contributed by atoms with Gasteiger partial charge in [0.15, 0.2) is 11.5 Å². The molecule has 32 heavy (non-hydrogen) atoms. The van der Waals surface area contributed by atoms with Crippen LogP contribution in [0, 0.1) is 0 Å². The Hall–Kier alpha value is -2.97. The molecule has 2 saturated heterocycles. The lowest BCUT2D eigenvalue weighted by molar-refractivity contribution is -0.0276. The second-order valence-electron chi connectivity index (χ2n) is 8.55. The molecule has 2 fully saturated rings. The molecule has 1 N–H and O–H groups in total. The fourth-order valence-electron chi connectivity index (χ4n) is 4.61. The highest BCUT2D eigenvalue weighted by molar-refractivity contribution is 5.89. The number of likely N-dealkylation sites (tertiary alicyclic amines) is 1. The number of hydrogen-bond donors (Lipinski definition) is 1. The predicted molar refractivity (Wildman–Crippen MR) is 117 cm³/mol. The molecule has 170 valence electrons. The highest BCUT2D eigenvalue weighted by Crippen LogP contribution is 2.39. The minimum absolute atomic E-state index is 0.150. The van der Waals surface area contributed by atoms with Crippen LogP contribution in [0.4, 0.5) is 10.5 Å². The number of hydrogen-bond acceptors (Lipinski definition) is 7. The molecule has 2 aromatic rings. The molecule has 0 bridgehead atoms. The maximum Gasteiger partial charge on any atom is 0.414 e. The van der Waals surface area contributed by atoms with Gasteiger partial charge in [0, 0.05) is 25.7 Å². The first-order valence-corrected chi connectivity index (χ1v) is 11.0. The van der Waals surface area contributed by atoms with Crippen LogP contribution in [-0.4, -0.2) is 62.3 Å². The number of fused-ring (bicyclic) bond motifs is 1. The van der Waals surface area contributed by atoms with Crippen molar-refractivity contribution in [3.63, 3.8) is 0 Å².